The molecule has 9 nitrogen and oxygen atoms in total. The van der Waals surface area contributed by atoms with E-state index >= 15 is 0 Å². The van der Waals surface area contributed by atoms with Crippen LogP contribution in [0.3, 0.4) is 0 Å². The van der Waals surface area contributed by atoms with Gasteiger partial charge in [-0.2, -0.15) is 5.01 Å². The third kappa shape index (κ3) is 6.31. The zero-order chi connectivity index (χ0) is 30.5. The highest BCUT2D eigenvalue weighted by Gasteiger charge is 2.32. The monoisotopic (exact) mass is 593 g/mol. The summed E-state index contributed by atoms with van der Waals surface area (Å²) in [5.74, 6) is 0.113. The molecule has 2 saturated heterocycles. The van der Waals surface area contributed by atoms with Crippen LogP contribution in [0.4, 0.5) is 10.5 Å². The highest BCUT2D eigenvalue weighted by Crippen LogP contribution is 2.32. The van der Waals surface area contributed by atoms with Crippen LogP contribution in [0.25, 0.3) is 22.2 Å². The molecule has 9 heteroatoms. The molecule has 6 rings (SSSR count). The molecular weight excluding hydrogens is 554 g/mol. The second kappa shape index (κ2) is 13.5. The van der Waals surface area contributed by atoms with Gasteiger partial charge in [-0.1, -0.05) is 73.7 Å². The van der Waals surface area contributed by atoms with Crippen molar-refractivity contribution in [2.24, 2.45) is 5.92 Å². The number of anilines is 1. The predicted octanol–water partition coefficient (Wildman–Crippen LogP) is 5.36. The number of ether oxygens (including phenoxy) is 2. The maximum absolute atomic E-state index is 14.4. The van der Waals surface area contributed by atoms with Crippen LogP contribution in [0.2, 0.25) is 0 Å². The van der Waals surface area contributed by atoms with Crippen LogP contribution in [0, 0.1) is 5.92 Å². The number of carbonyl (C=O) groups is 2. The normalized spacial score (nSPS) is 19.4. The first kappa shape index (κ1) is 29.7. The first-order chi connectivity index (χ1) is 21.5. The SMILES string of the molecule is COC(=O)N(NC(=O)c1c(CN2CCN(C3CCOCC3C)CC2)c(-c2ccccc2)nc2ccccc12)c1ccccc1. The maximum Gasteiger partial charge on any atom is 0.433 e. The fraction of sp³-hybridized carbons (Fsp3) is 0.343. The van der Waals surface area contributed by atoms with Crippen molar-refractivity contribution in [3.05, 3.63) is 96.1 Å². The van der Waals surface area contributed by atoms with Crippen LogP contribution in [0.15, 0.2) is 84.9 Å². The summed E-state index contributed by atoms with van der Waals surface area (Å²) in [7, 11) is 1.30. The lowest BCUT2D eigenvalue weighted by Crippen LogP contribution is -2.53. The number of benzene rings is 3. The summed E-state index contributed by atoms with van der Waals surface area (Å²) < 4.78 is 10.7. The van der Waals surface area contributed by atoms with Crippen molar-refractivity contribution in [3.8, 4) is 11.3 Å². The fourth-order valence-corrected chi connectivity index (χ4v) is 6.43. The number of hydrogen-bond donors (Lipinski definition) is 1. The Hall–Kier alpha value is -4.31. The Labute approximate surface area is 258 Å². The molecule has 44 heavy (non-hydrogen) atoms. The number of nitrogens with zero attached hydrogens (tertiary/aromatic N) is 4. The van der Waals surface area contributed by atoms with Gasteiger partial charge in [0.05, 0.1) is 36.2 Å². The van der Waals surface area contributed by atoms with E-state index in [0.717, 1.165) is 73.0 Å². The van der Waals surface area contributed by atoms with Gasteiger partial charge < -0.3 is 9.47 Å². The van der Waals surface area contributed by atoms with E-state index in [2.05, 4.69) is 22.1 Å². The molecule has 2 aliphatic heterocycles. The molecule has 0 aliphatic carbocycles. The van der Waals surface area contributed by atoms with Gasteiger partial charge in [0.2, 0.25) is 0 Å². The summed E-state index contributed by atoms with van der Waals surface area (Å²) in [6.45, 7) is 8.15. The first-order valence-electron chi connectivity index (χ1n) is 15.3. The molecule has 2 fully saturated rings. The molecule has 2 aliphatic rings. The number of fused-ring (bicyclic) bond motifs is 1. The van der Waals surface area contributed by atoms with Crippen molar-refractivity contribution in [2.45, 2.75) is 25.9 Å². The van der Waals surface area contributed by atoms with Gasteiger partial charge >= 0.3 is 6.09 Å². The third-order valence-corrected chi connectivity index (χ3v) is 8.71. The Morgan fingerprint density at radius 2 is 1.64 bits per heavy atom. The number of hydrogen-bond acceptors (Lipinski definition) is 7. The summed E-state index contributed by atoms with van der Waals surface area (Å²) in [4.78, 5) is 37.4. The Bertz CT molecular complexity index is 1590. The molecule has 0 radical (unpaired) electrons. The highest BCUT2D eigenvalue weighted by molar-refractivity contribution is 6.10. The molecule has 4 aromatic rings. The minimum Gasteiger partial charge on any atom is -0.451 e. The van der Waals surface area contributed by atoms with Gasteiger partial charge in [-0.05, 0) is 30.5 Å². The molecule has 2 atom stereocenters. The summed E-state index contributed by atoms with van der Waals surface area (Å²) in [6, 6.07) is 27.2. The zero-order valence-corrected chi connectivity index (χ0v) is 25.3. The Morgan fingerprint density at radius 1 is 0.955 bits per heavy atom. The number of hydrazine groups is 1. The number of pyridine rings is 1. The van der Waals surface area contributed by atoms with Crippen molar-refractivity contribution in [3.63, 3.8) is 0 Å². The standard InChI is InChI=1S/C35H39N5O4/c1-25-24-44-22-17-31(25)39-20-18-38(19-21-39)23-29-32(34(41)37-40(35(42)43-2)27-13-7-4-8-14-27)28-15-9-10-16-30(28)36-33(29)26-11-5-3-6-12-26/h3-16,25,31H,17-24H2,1-2H3,(H,37,41). The Morgan fingerprint density at radius 3 is 2.34 bits per heavy atom. The average Bonchev–Trinajstić information content (AvgIpc) is 3.08. The molecule has 3 aromatic carbocycles. The van der Waals surface area contributed by atoms with Crippen molar-refractivity contribution < 1.29 is 19.1 Å². The van der Waals surface area contributed by atoms with Gasteiger partial charge in [0.15, 0.2) is 0 Å². The second-order valence-electron chi connectivity index (χ2n) is 11.5. The maximum atomic E-state index is 14.4. The number of amides is 2. The van der Waals surface area contributed by atoms with Crippen LogP contribution in [0.1, 0.15) is 29.3 Å². The average molecular weight is 594 g/mol. The quantitative estimate of drug-likeness (QED) is 0.301. The van der Waals surface area contributed by atoms with Crippen molar-refractivity contribution >= 4 is 28.6 Å². The van der Waals surface area contributed by atoms with E-state index in [1.165, 1.54) is 7.11 Å². The number of carbonyl (C=O) groups excluding carboxylic acids is 2. The van der Waals surface area contributed by atoms with E-state index in [-0.39, 0.29) is 0 Å². The van der Waals surface area contributed by atoms with Crippen LogP contribution in [0.5, 0.6) is 0 Å². The van der Waals surface area contributed by atoms with Crippen LogP contribution in [-0.4, -0.2) is 79.3 Å². The van der Waals surface area contributed by atoms with Crippen molar-refractivity contribution in [2.75, 3.05) is 51.5 Å². The second-order valence-corrected chi connectivity index (χ2v) is 11.5. The molecule has 1 N–H and O–H groups in total. The third-order valence-electron chi connectivity index (χ3n) is 8.71. The molecule has 0 saturated carbocycles. The number of aromatic nitrogens is 1. The van der Waals surface area contributed by atoms with Gasteiger partial charge in [-0.15, -0.1) is 0 Å². The lowest BCUT2D eigenvalue weighted by Gasteiger charge is -2.43. The Kier molecular flexibility index (Phi) is 9.16. The van der Waals surface area contributed by atoms with Gasteiger partial charge in [0.1, 0.15) is 0 Å². The van der Waals surface area contributed by atoms with E-state index in [1.54, 1.807) is 24.3 Å². The topological polar surface area (TPSA) is 87.2 Å². The fourth-order valence-electron chi connectivity index (χ4n) is 6.43. The zero-order valence-electron chi connectivity index (χ0n) is 25.3. The number of methoxy groups -OCH3 is 1. The van der Waals surface area contributed by atoms with Crippen molar-refractivity contribution in [1.29, 1.82) is 0 Å². The predicted molar refractivity (Wildman–Crippen MR) is 171 cm³/mol. The first-order valence-corrected chi connectivity index (χ1v) is 15.3. The summed E-state index contributed by atoms with van der Waals surface area (Å²) in [5.41, 5.74) is 7.09. The number of para-hydroxylation sites is 2. The molecule has 0 spiro atoms. The molecule has 228 valence electrons. The minimum atomic E-state index is -0.689. The smallest absolute Gasteiger partial charge is 0.433 e. The number of piperazine rings is 1. The van der Waals surface area contributed by atoms with E-state index in [1.807, 2.05) is 60.7 Å². The lowest BCUT2D eigenvalue weighted by molar-refractivity contribution is -0.0220. The van der Waals surface area contributed by atoms with Gasteiger partial charge in [-0.25, -0.2) is 9.78 Å². The van der Waals surface area contributed by atoms with Crippen LogP contribution >= 0.6 is 0 Å². The molecule has 2 unspecified atom stereocenters. The molecule has 3 heterocycles. The summed E-state index contributed by atoms with van der Waals surface area (Å²) in [5, 5.41) is 1.88. The van der Waals surface area contributed by atoms with Gasteiger partial charge in [0, 0.05) is 61.9 Å². The van der Waals surface area contributed by atoms with Gasteiger partial charge in [-0.3, -0.25) is 20.0 Å². The van der Waals surface area contributed by atoms with E-state index in [0.29, 0.717) is 35.3 Å². The van der Waals surface area contributed by atoms with Gasteiger partial charge in [0.25, 0.3) is 5.91 Å². The summed E-state index contributed by atoms with van der Waals surface area (Å²) in [6.07, 6.45) is 0.377. The van der Waals surface area contributed by atoms with E-state index in [4.69, 9.17) is 14.5 Å². The summed E-state index contributed by atoms with van der Waals surface area (Å²) >= 11 is 0. The molecule has 0 bridgehead atoms. The lowest BCUT2D eigenvalue weighted by atomic mass is 9.94. The number of nitrogens with one attached hydrogen (secondary N) is 1. The molecule has 2 amide bonds. The molecular formula is C35H39N5O4. The van der Waals surface area contributed by atoms with E-state index in [9.17, 15) is 9.59 Å². The van der Waals surface area contributed by atoms with E-state index < -0.39 is 12.0 Å². The molecule has 1 aromatic heterocycles. The highest BCUT2D eigenvalue weighted by atomic mass is 16.5. The largest absolute Gasteiger partial charge is 0.451 e. The Balaban J connectivity index is 1.38. The minimum absolute atomic E-state index is 0.403. The van der Waals surface area contributed by atoms with Crippen LogP contribution in [-0.2, 0) is 16.0 Å². The van der Waals surface area contributed by atoms with Crippen molar-refractivity contribution in [1.82, 2.24) is 20.2 Å². The number of rotatable bonds is 6. The van der Waals surface area contributed by atoms with Crippen LogP contribution < -0.4 is 10.4 Å².